The monoisotopic (exact) mass is 353 g/mol. The molecule has 0 aliphatic carbocycles. The van der Waals surface area contributed by atoms with Crippen LogP contribution in [-0.4, -0.2) is 51.7 Å². The van der Waals surface area contributed by atoms with Crippen LogP contribution in [-0.2, 0) is 15.8 Å². The number of rotatable bonds is 7. The van der Waals surface area contributed by atoms with E-state index in [0.717, 1.165) is 6.54 Å². The van der Waals surface area contributed by atoms with Crippen LogP contribution in [0, 0.1) is 0 Å². The first kappa shape index (κ1) is 19.6. The summed E-state index contributed by atoms with van der Waals surface area (Å²) < 4.78 is 26.3. The smallest absolute Gasteiger partial charge is 0.192 e. The summed E-state index contributed by atoms with van der Waals surface area (Å²) >= 11 is 0. The van der Waals surface area contributed by atoms with Crippen molar-refractivity contribution in [3.05, 3.63) is 35.9 Å². The topological polar surface area (TPSA) is 21.7 Å². The fourth-order valence-electron chi connectivity index (χ4n) is 2.61. The Bertz CT molecular complexity index is 504. The van der Waals surface area contributed by atoms with E-state index >= 15 is 0 Å². The second-order valence-corrected chi connectivity index (χ2v) is 13.0. The molecule has 1 aromatic carbocycles. The Morgan fingerprint density at radius 1 is 1.17 bits per heavy atom. The van der Waals surface area contributed by atoms with Crippen molar-refractivity contribution in [2.45, 2.75) is 57.8 Å². The molecule has 1 aliphatic rings. The third kappa shape index (κ3) is 5.38. The molecule has 2 rings (SSSR count). The number of benzene rings is 1. The molecule has 0 bridgehead atoms. The van der Waals surface area contributed by atoms with Gasteiger partial charge in [-0.25, -0.2) is 4.39 Å². The van der Waals surface area contributed by atoms with E-state index < -0.39 is 14.5 Å². The van der Waals surface area contributed by atoms with Crippen molar-refractivity contribution in [3.63, 3.8) is 0 Å². The molecular formula is C19H32FNO2Si. The molecule has 3 nitrogen and oxygen atoms in total. The number of hydrogen-bond donors (Lipinski definition) is 0. The Labute approximate surface area is 147 Å². The minimum Gasteiger partial charge on any atom is -0.410 e. The normalized spacial score (nSPS) is 22.9. The molecule has 0 radical (unpaired) electrons. The first-order valence-electron chi connectivity index (χ1n) is 8.85. The number of alkyl halides is 1. The quantitative estimate of drug-likeness (QED) is 0.540. The van der Waals surface area contributed by atoms with Crippen LogP contribution >= 0.6 is 0 Å². The molecule has 0 spiro atoms. The van der Waals surface area contributed by atoms with Gasteiger partial charge in [-0.15, -0.1) is 0 Å². The number of halogens is 1. The summed E-state index contributed by atoms with van der Waals surface area (Å²) in [5, 5.41) is 0.110. The zero-order valence-corrected chi connectivity index (χ0v) is 16.7. The number of nitrogens with zero attached hydrogens (tertiary/aromatic N) is 1. The van der Waals surface area contributed by atoms with Crippen molar-refractivity contribution in [2.75, 3.05) is 26.2 Å². The van der Waals surface area contributed by atoms with E-state index in [1.807, 2.05) is 18.2 Å². The highest BCUT2D eigenvalue weighted by molar-refractivity contribution is 6.74. The summed E-state index contributed by atoms with van der Waals surface area (Å²) in [5.41, 5.74) is 1.17. The Balaban J connectivity index is 1.73. The molecule has 1 fully saturated rings. The predicted molar refractivity (Wildman–Crippen MR) is 99.5 cm³/mol. The summed E-state index contributed by atoms with van der Waals surface area (Å²) in [5.74, 6) is 0. The van der Waals surface area contributed by atoms with Crippen molar-refractivity contribution < 1.29 is 13.6 Å². The van der Waals surface area contributed by atoms with E-state index in [0.29, 0.717) is 26.3 Å². The minimum absolute atomic E-state index is 0.110. The third-order valence-electron chi connectivity index (χ3n) is 5.19. The van der Waals surface area contributed by atoms with Crippen LogP contribution in [0.15, 0.2) is 30.3 Å². The third-order valence-corrected chi connectivity index (χ3v) is 9.69. The minimum atomic E-state index is -1.92. The molecule has 0 saturated carbocycles. The lowest BCUT2D eigenvalue weighted by Crippen LogP contribution is -2.46. The second-order valence-electron chi connectivity index (χ2n) is 8.23. The van der Waals surface area contributed by atoms with Crippen LogP contribution < -0.4 is 0 Å². The van der Waals surface area contributed by atoms with Crippen molar-refractivity contribution in [3.8, 4) is 0 Å². The van der Waals surface area contributed by atoms with Crippen LogP contribution in [0.2, 0.25) is 18.1 Å². The largest absolute Gasteiger partial charge is 0.410 e. The fourth-order valence-corrected chi connectivity index (χ4v) is 3.95. The van der Waals surface area contributed by atoms with Crippen LogP contribution in [0.5, 0.6) is 0 Å². The van der Waals surface area contributed by atoms with Crippen LogP contribution in [0.1, 0.15) is 26.3 Å². The lowest BCUT2D eigenvalue weighted by atomic mass is 10.2. The van der Waals surface area contributed by atoms with Gasteiger partial charge >= 0.3 is 0 Å². The molecule has 5 heteroatoms. The van der Waals surface area contributed by atoms with E-state index in [2.05, 4.69) is 50.9 Å². The van der Waals surface area contributed by atoms with E-state index in [-0.39, 0.29) is 11.1 Å². The van der Waals surface area contributed by atoms with E-state index in [1.54, 1.807) is 0 Å². The van der Waals surface area contributed by atoms with Gasteiger partial charge in [0.2, 0.25) is 0 Å². The average Bonchev–Trinajstić information content (AvgIpc) is 2.83. The summed E-state index contributed by atoms with van der Waals surface area (Å²) in [4.78, 5) is 2.12. The highest BCUT2D eigenvalue weighted by atomic mass is 28.4. The predicted octanol–water partition coefficient (Wildman–Crippen LogP) is 4.25. The standard InChI is InChI=1S/C19H32FNO2Si/c1-19(2,3)24(4,5)23-18-14-21(13-17(18)20)11-12-22-15-16-9-7-6-8-10-16/h6-10,17-18H,11-15H2,1-5H3. The summed E-state index contributed by atoms with van der Waals surface area (Å²) in [7, 11) is -1.92. The summed E-state index contributed by atoms with van der Waals surface area (Å²) in [6.45, 7) is 14.0. The van der Waals surface area contributed by atoms with Gasteiger partial charge in [0.05, 0.1) is 19.3 Å². The molecule has 0 amide bonds. The molecule has 2 unspecified atom stereocenters. The molecule has 24 heavy (non-hydrogen) atoms. The molecule has 0 aromatic heterocycles. The van der Waals surface area contributed by atoms with Gasteiger partial charge in [0.25, 0.3) is 0 Å². The Hall–Kier alpha value is -0.753. The van der Waals surface area contributed by atoms with Crippen molar-refractivity contribution >= 4 is 8.32 Å². The maximum Gasteiger partial charge on any atom is 0.192 e. The first-order chi connectivity index (χ1) is 11.2. The number of likely N-dealkylation sites (tertiary alicyclic amines) is 1. The van der Waals surface area contributed by atoms with Crippen LogP contribution in [0.25, 0.3) is 0 Å². The average molecular weight is 354 g/mol. The van der Waals surface area contributed by atoms with Gasteiger partial charge in [0.1, 0.15) is 6.17 Å². The molecular weight excluding hydrogens is 321 g/mol. The Morgan fingerprint density at radius 3 is 2.46 bits per heavy atom. The van der Waals surface area contributed by atoms with Crippen molar-refractivity contribution in [1.82, 2.24) is 4.90 Å². The zero-order valence-electron chi connectivity index (χ0n) is 15.7. The molecule has 1 heterocycles. The second kappa shape index (κ2) is 8.08. The van der Waals surface area contributed by atoms with Gasteiger partial charge < -0.3 is 9.16 Å². The summed E-state index contributed by atoms with van der Waals surface area (Å²) in [6, 6.07) is 10.1. The lowest BCUT2D eigenvalue weighted by molar-refractivity contribution is 0.0942. The van der Waals surface area contributed by atoms with Crippen LogP contribution in [0.3, 0.4) is 0 Å². The molecule has 1 aliphatic heterocycles. The molecule has 1 aromatic rings. The first-order valence-corrected chi connectivity index (χ1v) is 11.8. The number of hydrogen-bond acceptors (Lipinski definition) is 3. The van der Waals surface area contributed by atoms with Crippen LogP contribution in [0.4, 0.5) is 4.39 Å². The fraction of sp³-hybridized carbons (Fsp3) is 0.684. The molecule has 136 valence electrons. The van der Waals surface area contributed by atoms with Gasteiger partial charge in [-0.3, -0.25) is 4.90 Å². The maximum absolute atomic E-state index is 14.3. The van der Waals surface area contributed by atoms with Crippen molar-refractivity contribution in [2.24, 2.45) is 0 Å². The van der Waals surface area contributed by atoms with Crippen molar-refractivity contribution in [1.29, 1.82) is 0 Å². The van der Waals surface area contributed by atoms with Gasteiger partial charge in [-0.05, 0) is 23.7 Å². The van der Waals surface area contributed by atoms with Gasteiger partial charge in [-0.2, -0.15) is 0 Å². The van der Waals surface area contributed by atoms with Gasteiger partial charge in [0.15, 0.2) is 8.32 Å². The zero-order chi connectivity index (χ0) is 17.8. The molecule has 2 atom stereocenters. The summed E-state index contributed by atoms with van der Waals surface area (Å²) in [6.07, 6.45) is -1.19. The molecule has 0 N–H and O–H groups in total. The Morgan fingerprint density at radius 2 is 1.83 bits per heavy atom. The van der Waals surface area contributed by atoms with E-state index in [4.69, 9.17) is 9.16 Å². The highest BCUT2D eigenvalue weighted by Gasteiger charge is 2.43. The Kier molecular flexibility index (Phi) is 6.59. The van der Waals surface area contributed by atoms with E-state index in [1.165, 1.54) is 5.56 Å². The maximum atomic E-state index is 14.3. The van der Waals surface area contributed by atoms with Gasteiger partial charge in [-0.1, -0.05) is 51.1 Å². The number of ether oxygens (including phenoxy) is 1. The van der Waals surface area contributed by atoms with Gasteiger partial charge in [0, 0.05) is 19.6 Å². The van der Waals surface area contributed by atoms with E-state index in [9.17, 15) is 4.39 Å². The SMILES string of the molecule is CC(C)(C)[Si](C)(C)OC1CN(CCOCc2ccccc2)CC1F. The molecule has 1 saturated heterocycles. The lowest BCUT2D eigenvalue weighted by Gasteiger charge is -2.38. The highest BCUT2D eigenvalue weighted by Crippen LogP contribution is 2.38.